The van der Waals surface area contributed by atoms with Crippen LogP contribution in [0.3, 0.4) is 0 Å². The SMILES string of the molecule is Cc1ccccc1CC(=O)N1CCC(Cc2ccccc2)CC1. The lowest BCUT2D eigenvalue weighted by atomic mass is 9.90. The first-order valence-electron chi connectivity index (χ1n) is 8.58. The lowest BCUT2D eigenvalue weighted by molar-refractivity contribution is -0.131. The molecule has 0 aliphatic carbocycles. The molecule has 0 bridgehead atoms. The molecule has 0 N–H and O–H groups in total. The topological polar surface area (TPSA) is 20.3 Å². The van der Waals surface area contributed by atoms with E-state index in [9.17, 15) is 4.79 Å². The second-order valence-corrected chi connectivity index (χ2v) is 6.62. The predicted octanol–water partition coefficient (Wildman–Crippen LogP) is 4.02. The van der Waals surface area contributed by atoms with Crippen LogP contribution in [0.4, 0.5) is 0 Å². The van der Waals surface area contributed by atoms with E-state index in [2.05, 4.69) is 49.4 Å². The molecule has 23 heavy (non-hydrogen) atoms. The molecule has 0 atom stereocenters. The highest BCUT2D eigenvalue weighted by molar-refractivity contribution is 5.79. The van der Waals surface area contributed by atoms with Crippen molar-refractivity contribution >= 4 is 5.91 Å². The molecule has 1 fully saturated rings. The van der Waals surface area contributed by atoms with Crippen molar-refractivity contribution in [3.63, 3.8) is 0 Å². The zero-order chi connectivity index (χ0) is 16.1. The first-order chi connectivity index (χ1) is 11.2. The number of hydrogen-bond acceptors (Lipinski definition) is 1. The van der Waals surface area contributed by atoms with Crippen molar-refractivity contribution in [2.24, 2.45) is 5.92 Å². The van der Waals surface area contributed by atoms with Crippen molar-refractivity contribution in [2.45, 2.75) is 32.6 Å². The summed E-state index contributed by atoms with van der Waals surface area (Å²) in [6, 6.07) is 18.9. The van der Waals surface area contributed by atoms with E-state index in [-0.39, 0.29) is 5.91 Å². The van der Waals surface area contributed by atoms with Crippen LogP contribution in [0, 0.1) is 12.8 Å². The zero-order valence-electron chi connectivity index (χ0n) is 13.9. The van der Waals surface area contributed by atoms with Gasteiger partial charge in [-0.2, -0.15) is 0 Å². The quantitative estimate of drug-likeness (QED) is 0.835. The monoisotopic (exact) mass is 307 g/mol. The highest BCUT2D eigenvalue weighted by Gasteiger charge is 2.23. The van der Waals surface area contributed by atoms with Gasteiger partial charge in [0.2, 0.25) is 5.91 Å². The standard InChI is InChI=1S/C21H25NO/c1-17-7-5-6-10-20(17)16-21(23)22-13-11-19(12-14-22)15-18-8-3-2-4-9-18/h2-10,19H,11-16H2,1H3. The maximum absolute atomic E-state index is 12.5. The van der Waals surface area contributed by atoms with E-state index >= 15 is 0 Å². The molecule has 0 unspecified atom stereocenters. The molecule has 1 aliphatic heterocycles. The third-order valence-electron chi connectivity index (χ3n) is 4.94. The van der Waals surface area contributed by atoms with Crippen molar-refractivity contribution in [2.75, 3.05) is 13.1 Å². The Hall–Kier alpha value is -2.09. The molecular formula is C21H25NO. The number of piperidine rings is 1. The van der Waals surface area contributed by atoms with Crippen LogP contribution in [0.25, 0.3) is 0 Å². The van der Waals surface area contributed by atoms with Gasteiger partial charge in [0.25, 0.3) is 0 Å². The van der Waals surface area contributed by atoms with Gasteiger partial charge < -0.3 is 4.90 Å². The van der Waals surface area contributed by atoms with Crippen molar-refractivity contribution < 1.29 is 4.79 Å². The van der Waals surface area contributed by atoms with Gasteiger partial charge in [-0.15, -0.1) is 0 Å². The minimum atomic E-state index is 0.275. The Morgan fingerprint density at radius 3 is 2.35 bits per heavy atom. The van der Waals surface area contributed by atoms with Crippen molar-refractivity contribution in [1.82, 2.24) is 4.90 Å². The number of hydrogen-bond donors (Lipinski definition) is 0. The van der Waals surface area contributed by atoms with Gasteiger partial charge in [0.05, 0.1) is 6.42 Å². The number of carbonyl (C=O) groups excluding carboxylic acids is 1. The fourth-order valence-corrected chi connectivity index (χ4v) is 3.42. The van der Waals surface area contributed by atoms with Gasteiger partial charge >= 0.3 is 0 Å². The van der Waals surface area contributed by atoms with Gasteiger partial charge in [-0.1, -0.05) is 54.6 Å². The third-order valence-corrected chi connectivity index (χ3v) is 4.94. The number of nitrogens with zero attached hydrogens (tertiary/aromatic N) is 1. The molecule has 0 aromatic heterocycles. The van der Waals surface area contributed by atoms with Gasteiger partial charge in [-0.25, -0.2) is 0 Å². The van der Waals surface area contributed by atoms with E-state index in [1.165, 1.54) is 11.1 Å². The fraction of sp³-hybridized carbons (Fsp3) is 0.381. The van der Waals surface area contributed by atoms with Crippen LogP contribution in [0.15, 0.2) is 54.6 Å². The Labute approximate surface area is 139 Å². The molecule has 120 valence electrons. The Morgan fingerprint density at radius 1 is 1.00 bits per heavy atom. The van der Waals surface area contributed by atoms with Crippen molar-refractivity contribution in [3.05, 3.63) is 71.3 Å². The third kappa shape index (κ3) is 4.22. The molecule has 2 heteroatoms. The van der Waals surface area contributed by atoms with E-state index < -0.39 is 0 Å². The van der Waals surface area contributed by atoms with E-state index in [0.29, 0.717) is 12.3 Å². The summed E-state index contributed by atoms with van der Waals surface area (Å²) in [6.45, 7) is 3.89. The largest absolute Gasteiger partial charge is 0.342 e. The summed E-state index contributed by atoms with van der Waals surface area (Å²) in [5.41, 5.74) is 3.78. The van der Waals surface area contributed by atoms with Crippen LogP contribution >= 0.6 is 0 Å². The summed E-state index contributed by atoms with van der Waals surface area (Å²) in [6.07, 6.45) is 3.92. The molecule has 0 spiro atoms. The summed E-state index contributed by atoms with van der Waals surface area (Å²) in [7, 11) is 0. The number of aryl methyl sites for hydroxylation is 1. The van der Waals surface area contributed by atoms with Crippen molar-refractivity contribution in [3.8, 4) is 0 Å². The summed E-state index contributed by atoms with van der Waals surface area (Å²) in [5, 5.41) is 0. The summed E-state index contributed by atoms with van der Waals surface area (Å²) in [5.74, 6) is 0.984. The second-order valence-electron chi connectivity index (χ2n) is 6.62. The second kappa shape index (κ2) is 7.45. The van der Waals surface area contributed by atoms with Crippen LogP contribution in [0.2, 0.25) is 0 Å². The highest BCUT2D eigenvalue weighted by Crippen LogP contribution is 2.22. The number of benzene rings is 2. The fourth-order valence-electron chi connectivity index (χ4n) is 3.42. The van der Waals surface area contributed by atoms with Crippen LogP contribution < -0.4 is 0 Å². The van der Waals surface area contributed by atoms with Crippen LogP contribution in [0.5, 0.6) is 0 Å². The maximum Gasteiger partial charge on any atom is 0.226 e. The lowest BCUT2D eigenvalue weighted by Crippen LogP contribution is -2.39. The average Bonchev–Trinajstić information content (AvgIpc) is 2.58. The molecule has 3 rings (SSSR count). The average molecular weight is 307 g/mol. The van der Waals surface area contributed by atoms with E-state index in [1.54, 1.807) is 0 Å². The molecule has 1 aliphatic rings. The van der Waals surface area contributed by atoms with E-state index in [1.807, 2.05) is 17.0 Å². The molecule has 1 amide bonds. The number of likely N-dealkylation sites (tertiary alicyclic amines) is 1. The first kappa shape index (κ1) is 15.8. The van der Waals surface area contributed by atoms with E-state index in [4.69, 9.17) is 0 Å². The van der Waals surface area contributed by atoms with Crippen LogP contribution in [0.1, 0.15) is 29.5 Å². The van der Waals surface area contributed by atoms with Crippen LogP contribution in [-0.2, 0) is 17.6 Å². The highest BCUT2D eigenvalue weighted by atomic mass is 16.2. The Balaban J connectivity index is 1.50. The normalized spacial score (nSPS) is 15.6. The van der Waals surface area contributed by atoms with E-state index in [0.717, 1.165) is 37.9 Å². The molecule has 2 aromatic carbocycles. The Bertz CT molecular complexity index is 642. The molecule has 2 nitrogen and oxygen atoms in total. The number of amides is 1. The van der Waals surface area contributed by atoms with Gasteiger partial charge in [0, 0.05) is 13.1 Å². The summed E-state index contributed by atoms with van der Waals surface area (Å²) in [4.78, 5) is 14.6. The van der Waals surface area contributed by atoms with Gasteiger partial charge in [-0.3, -0.25) is 4.79 Å². The Kier molecular flexibility index (Phi) is 5.12. The van der Waals surface area contributed by atoms with Crippen molar-refractivity contribution in [1.29, 1.82) is 0 Å². The molecule has 1 heterocycles. The lowest BCUT2D eigenvalue weighted by Gasteiger charge is -2.32. The summed E-state index contributed by atoms with van der Waals surface area (Å²) < 4.78 is 0. The predicted molar refractivity (Wildman–Crippen MR) is 94.3 cm³/mol. The maximum atomic E-state index is 12.5. The molecule has 2 aromatic rings. The minimum absolute atomic E-state index is 0.275. The molecule has 0 radical (unpaired) electrons. The molecular weight excluding hydrogens is 282 g/mol. The first-order valence-corrected chi connectivity index (χ1v) is 8.58. The smallest absolute Gasteiger partial charge is 0.226 e. The Morgan fingerprint density at radius 2 is 1.65 bits per heavy atom. The molecule has 1 saturated heterocycles. The number of rotatable bonds is 4. The van der Waals surface area contributed by atoms with Gasteiger partial charge in [-0.05, 0) is 48.8 Å². The molecule has 0 saturated carbocycles. The van der Waals surface area contributed by atoms with Crippen LogP contribution in [-0.4, -0.2) is 23.9 Å². The van der Waals surface area contributed by atoms with Gasteiger partial charge in [0.15, 0.2) is 0 Å². The summed E-state index contributed by atoms with van der Waals surface area (Å²) >= 11 is 0. The zero-order valence-corrected chi connectivity index (χ0v) is 13.9. The van der Waals surface area contributed by atoms with Gasteiger partial charge in [0.1, 0.15) is 0 Å². The minimum Gasteiger partial charge on any atom is -0.342 e. The number of carbonyl (C=O) groups is 1.